The summed E-state index contributed by atoms with van der Waals surface area (Å²) in [5.41, 5.74) is 5.10. The Hall–Kier alpha value is -1.46. The lowest BCUT2D eigenvalue weighted by Crippen LogP contribution is -2.52. The van der Waals surface area contributed by atoms with Crippen molar-refractivity contribution in [2.45, 2.75) is 25.8 Å². The van der Waals surface area contributed by atoms with Crippen molar-refractivity contribution >= 4 is 28.8 Å². The molecule has 0 aromatic heterocycles. The van der Waals surface area contributed by atoms with Crippen LogP contribution in [0.1, 0.15) is 19.4 Å². The number of amidine groups is 1. The topological polar surface area (TPSA) is 71.7 Å². The van der Waals surface area contributed by atoms with Crippen LogP contribution in [0.3, 0.4) is 0 Å². The van der Waals surface area contributed by atoms with E-state index in [2.05, 4.69) is 15.7 Å². The first-order valence-corrected chi connectivity index (χ1v) is 6.23. The van der Waals surface area contributed by atoms with Crippen LogP contribution in [0.5, 0.6) is 5.75 Å². The van der Waals surface area contributed by atoms with Crippen molar-refractivity contribution in [1.29, 1.82) is 0 Å². The molecular weight excluding hydrogens is 252 g/mol. The van der Waals surface area contributed by atoms with Crippen LogP contribution in [0.4, 0.5) is 11.4 Å². The molecule has 0 atom stereocenters. The third kappa shape index (κ3) is 1.54. The monoisotopic (exact) mass is 266 g/mol. The molecule has 2 aliphatic rings. The summed E-state index contributed by atoms with van der Waals surface area (Å²) in [5.74, 6) is 7.02. The van der Waals surface area contributed by atoms with E-state index >= 15 is 0 Å². The maximum Gasteiger partial charge on any atom is 0.142 e. The quantitative estimate of drug-likeness (QED) is 0.496. The molecule has 96 valence electrons. The number of nitrogens with zero attached hydrogens (tertiary/aromatic N) is 1. The summed E-state index contributed by atoms with van der Waals surface area (Å²) in [5, 5.41) is 4.01. The van der Waals surface area contributed by atoms with Gasteiger partial charge < -0.3 is 15.5 Å². The summed E-state index contributed by atoms with van der Waals surface area (Å²) in [7, 11) is 0. The zero-order valence-corrected chi connectivity index (χ0v) is 11.1. The first kappa shape index (κ1) is 11.6. The maximum atomic E-state index is 6.25. The van der Waals surface area contributed by atoms with Gasteiger partial charge in [0.1, 0.15) is 17.3 Å². The first-order valence-electron chi connectivity index (χ1n) is 5.85. The molecule has 0 bridgehead atoms. The van der Waals surface area contributed by atoms with Gasteiger partial charge >= 0.3 is 0 Å². The Morgan fingerprint density at radius 1 is 1.56 bits per heavy atom. The predicted octanol–water partition coefficient (Wildman–Crippen LogP) is 1.97. The highest BCUT2D eigenvalue weighted by atomic mass is 35.5. The second kappa shape index (κ2) is 3.76. The van der Waals surface area contributed by atoms with Gasteiger partial charge in [-0.2, -0.15) is 0 Å². The van der Waals surface area contributed by atoms with Gasteiger partial charge in [-0.1, -0.05) is 11.6 Å². The summed E-state index contributed by atoms with van der Waals surface area (Å²) >= 11 is 6.25. The van der Waals surface area contributed by atoms with Gasteiger partial charge in [-0.15, -0.1) is 0 Å². The number of hydrogen-bond donors (Lipinski definition) is 3. The lowest BCUT2D eigenvalue weighted by Gasteiger charge is -2.34. The summed E-state index contributed by atoms with van der Waals surface area (Å²) < 4.78 is 5.55. The Balaban J connectivity index is 2.23. The number of fused-ring (bicyclic) bond motifs is 3. The van der Waals surface area contributed by atoms with Crippen molar-refractivity contribution in [2.75, 3.05) is 11.9 Å². The number of hydrogen-bond acceptors (Lipinski definition) is 5. The van der Waals surface area contributed by atoms with Crippen LogP contribution in [0.2, 0.25) is 5.02 Å². The number of anilines is 1. The van der Waals surface area contributed by atoms with Gasteiger partial charge in [-0.3, -0.25) is 0 Å². The average Bonchev–Trinajstić information content (AvgIpc) is 2.75. The molecule has 3 rings (SSSR count). The molecule has 0 fully saturated rings. The number of halogens is 1. The molecule has 0 unspecified atom stereocenters. The van der Waals surface area contributed by atoms with E-state index < -0.39 is 0 Å². The molecule has 2 aliphatic heterocycles. The lowest BCUT2D eigenvalue weighted by molar-refractivity contribution is 0.357. The van der Waals surface area contributed by atoms with Gasteiger partial charge in [0.25, 0.3) is 0 Å². The zero-order valence-electron chi connectivity index (χ0n) is 10.3. The summed E-state index contributed by atoms with van der Waals surface area (Å²) in [6, 6.07) is 1.82. The number of nitrogens with two attached hydrogens (primary N) is 1. The van der Waals surface area contributed by atoms with Crippen LogP contribution in [-0.4, -0.2) is 18.0 Å². The summed E-state index contributed by atoms with van der Waals surface area (Å²) in [6.07, 6.45) is 0.874. The predicted molar refractivity (Wildman–Crippen MR) is 72.8 cm³/mol. The molecule has 0 aliphatic carbocycles. The van der Waals surface area contributed by atoms with Crippen molar-refractivity contribution in [1.82, 2.24) is 5.43 Å². The molecule has 0 saturated carbocycles. The fourth-order valence-corrected chi connectivity index (χ4v) is 2.61. The van der Waals surface area contributed by atoms with E-state index in [4.69, 9.17) is 22.2 Å². The standard InChI is InChI=1S/C12H15ClN4O/c1-12(2)11(17-14)15-10-7(13)5-8-6(3-4-18-8)9(10)16-12/h5,16H,3-4,14H2,1-2H3,(H,15,17). The van der Waals surface area contributed by atoms with Crippen LogP contribution in [0, 0.1) is 0 Å². The highest BCUT2D eigenvalue weighted by Gasteiger charge is 2.34. The second-order valence-electron chi connectivity index (χ2n) is 5.01. The molecule has 4 N–H and O–H groups in total. The summed E-state index contributed by atoms with van der Waals surface area (Å²) in [4.78, 5) is 4.52. The van der Waals surface area contributed by atoms with E-state index in [1.165, 1.54) is 0 Å². The second-order valence-corrected chi connectivity index (χ2v) is 5.42. The van der Waals surface area contributed by atoms with Gasteiger partial charge in [-0.25, -0.2) is 10.8 Å². The van der Waals surface area contributed by atoms with E-state index in [9.17, 15) is 0 Å². The number of hydrazine groups is 1. The van der Waals surface area contributed by atoms with Crippen LogP contribution in [0.15, 0.2) is 11.1 Å². The molecule has 2 heterocycles. The average molecular weight is 267 g/mol. The van der Waals surface area contributed by atoms with Crippen LogP contribution in [-0.2, 0) is 6.42 Å². The van der Waals surface area contributed by atoms with Crippen LogP contribution in [0.25, 0.3) is 0 Å². The number of nitrogens with one attached hydrogen (secondary N) is 2. The highest BCUT2D eigenvalue weighted by Crippen LogP contribution is 2.47. The zero-order chi connectivity index (χ0) is 12.9. The van der Waals surface area contributed by atoms with Gasteiger partial charge in [-0.05, 0) is 13.8 Å². The normalized spacial score (nSPS) is 19.2. The molecule has 0 spiro atoms. The number of rotatable bonds is 0. The van der Waals surface area contributed by atoms with Crippen LogP contribution >= 0.6 is 11.6 Å². The molecule has 0 radical (unpaired) electrons. The fourth-order valence-electron chi connectivity index (χ4n) is 2.38. The Bertz CT molecular complexity index is 553. The highest BCUT2D eigenvalue weighted by molar-refractivity contribution is 6.34. The van der Waals surface area contributed by atoms with Crippen molar-refractivity contribution in [3.8, 4) is 5.75 Å². The van der Waals surface area contributed by atoms with Crippen molar-refractivity contribution in [2.24, 2.45) is 10.8 Å². The molecule has 6 heteroatoms. The Morgan fingerprint density at radius 3 is 3.06 bits per heavy atom. The van der Waals surface area contributed by atoms with E-state index in [1.807, 2.05) is 19.9 Å². The van der Waals surface area contributed by atoms with Crippen molar-refractivity contribution in [3.63, 3.8) is 0 Å². The SMILES string of the molecule is CC1(C)Nc2c3c(cc(Cl)c2N=C1NN)OCC3. The Morgan fingerprint density at radius 2 is 2.33 bits per heavy atom. The van der Waals surface area contributed by atoms with Crippen molar-refractivity contribution < 1.29 is 4.74 Å². The van der Waals surface area contributed by atoms with E-state index in [0.29, 0.717) is 17.5 Å². The fraction of sp³-hybridized carbons (Fsp3) is 0.417. The van der Waals surface area contributed by atoms with Crippen molar-refractivity contribution in [3.05, 3.63) is 16.7 Å². The number of benzene rings is 1. The molecular formula is C12H15ClN4O. The smallest absolute Gasteiger partial charge is 0.142 e. The van der Waals surface area contributed by atoms with Gasteiger partial charge in [0.15, 0.2) is 0 Å². The Labute approximate surface area is 110 Å². The number of aliphatic imine (C=N–C) groups is 1. The Kier molecular flexibility index (Phi) is 2.43. The minimum Gasteiger partial charge on any atom is -0.493 e. The van der Waals surface area contributed by atoms with E-state index in [-0.39, 0.29) is 5.54 Å². The molecule has 1 aromatic rings. The first-order chi connectivity index (χ1) is 8.53. The molecule has 0 saturated heterocycles. The molecule has 18 heavy (non-hydrogen) atoms. The minimum atomic E-state index is -0.358. The molecule has 5 nitrogen and oxygen atoms in total. The van der Waals surface area contributed by atoms with E-state index in [1.54, 1.807) is 0 Å². The van der Waals surface area contributed by atoms with Crippen LogP contribution < -0.4 is 21.3 Å². The minimum absolute atomic E-state index is 0.358. The molecule has 0 amide bonds. The largest absolute Gasteiger partial charge is 0.493 e. The van der Waals surface area contributed by atoms with Gasteiger partial charge in [0.05, 0.1) is 22.9 Å². The van der Waals surface area contributed by atoms with E-state index in [0.717, 1.165) is 29.1 Å². The number of ether oxygens (including phenoxy) is 1. The summed E-state index contributed by atoms with van der Waals surface area (Å²) in [6.45, 7) is 4.71. The van der Waals surface area contributed by atoms with Gasteiger partial charge in [0.2, 0.25) is 0 Å². The third-order valence-electron chi connectivity index (χ3n) is 3.32. The maximum absolute atomic E-state index is 6.25. The molecule has 1 aromatic carbocycles. The third-order valence-corrected chi connectivity index (χ3v) is 3.61. The van der Waals surface area contributed by atoms with Gasteiger partial charge in [0, 0.05) is 18.1 Å². The lowest BCUT2D eigenvalue weighted by atomic mass is 9.98.